The lowest BCUT2D eigenvalue weighted by Crippen LogP contribution is -2.18. The molecule has 3 rings (SSSR count). The van der Waals surface area contributed by atoms with Crippen LogP contribution >= 0.6 is 11.8 Å². The lowest BCUT2D eigenvalue weighted by Gasteiger charge is -2.11. The molecule has 0 atom stereocenters. The van der Waals surface area contributed by atoms with Gasteiger partial charge in [-0.2, -0.15) is 9.78 Å². The number of anilines is 1. The summed E-state index contributed by atoms with van der Waals surface area (Å²) in [5.74, 6) is 0.792. The Kier molecular flexibility index (Phi) is 4.98. The Balaban J connectivity index is 1.64. The third kappa shape index (κ3) is 3.97. The number of hydrogen-bond donors (Lipinski definition) is 2. The monoisotopic (exact) mass is 359 g/mol. The van der Waals surface area contributed by atoms with E-state index in [1.54, 1.807) is 41.2 Å². The molecule has 130 valence electrons. The molecule has 2 heterocycles. The Hall–Kier alpha value is -2.88. The van der Waals surface area contributed by atoms with Crippen LogP contribution in [0.5, 0.6) is 5.75 Å². The van der Waals surface area contributed by atoms with Crippen molar-refractivity contribution < 1.29 is 9.90 Å². The average molecular weight is 359 g/mol. The molecule has 1 aromatic carbocycles. The van der Waals surface area contributed by atoms with Gasteiger partial charge in [0, 0.05) is 12.1 Å². The fourth-order valence-electron chi connectivity index (χ4n) is 2.16. The van der Waals surface area contributed by atoms with E-state index in [2.05, 4.69) is 25.9 Å². The number of tetrazole rings is 1. The lowest BCUT2D eigenvalue weighted by molar-refractivity contribution is -0.113. The highest BCUT2D eigenvalue weighted by atomic mass is 32.2. The van der Waals surface area contributed by atoms with Crippen molar-refractivity contribution >= 4 is 23.5 Å². The van der Waals surface area contributed by atoms with Crippen molar-refractivity contribution in [3.05, 3.63) is 36.5 Å². The third-order valence-electron chi connectivity index (χ3n) is 3.29. The van der Waals surface area contributed by atoms with E-state index < -0.39 is 0 Å². The van der Waals surface area contributed by atoms with Gasteiger partial charge in [-0.3, -0.25) is 4.79 Å². The number of thioether (sulfide) groups is 1. The van der Waals surface area contributed by atoms with Gasteiger partial charge >= 0.3 is 0 Å². The second kappa shape index (κ2) is 7.34. The molecule has 0 aliphatic rings. The van der Waals surface area contributed by atoms with E-state index in [-0.39, 0.29) is 23.5 Å². The first-order chi connectivity index (χ1) is 12.0. The Bertz CT molecular complexity index is 857. The molecule has 2 aromatic heterocycles. The number of amides is 1. The second-order valence-corrected chi connectivity index (χ2v) is 6.42. The Morgan fingerprint density at radius 3 is 2.76 bits per heavy atom. The molecule has 0 aliphatic heterocycles. The largest absolute Gasteiger partial charge is 0.508 e. The number of phenolic OH excluding ortho intramolecular Hbond substituents is 1. The number of aromatic nitrogens is 6. The molecule has 0 saturated heterocycles. The molecule has 0 aliphatic carbocycles. The van der Waals surface area contributed by atoms with Crippen LogP contribution in [0.4, 0.5) is 5.82 Å². The predicted molar refractivity (Wildman–Crippen MR) is 92.8 cm³/mol. The normalized spacial score (nSPS) is 11.0. The molecule has 0 spiro atoms. The predicted octanol–water partition coefficient (Wildman–Crippen LogP) is 1.88. The van der Waals surface area contributed by atoms with Crippen molar-refractivity contribution in [2.75, 3.05) is 11.1 Å². The fraction of sp³-hybridized carbons (Fsp3) is 0.267. The highest BCUT2D eigenvalue weighted by Gasteiger charge is 2.13. The van der Waals surface area contributed by atoms with Gasteiger partial charge in [-0.15, -0.1) is 5.10 Å². The molecule has 3 aromatic rings. The van der Waals surface area contributed by atoms with Gasteiger partial charge in [0.2, 0.25) is 11.1 Å². The van der Waals surface area contributed by atoms with Crippen molar-refractivity contribution in [1.82, 2.24) is 30.0 Å². The number of rotatable bonds is 6. The molecule has 0 radical (unpaired) electrons. The number of benzene rings is 1. The first-order valence-corrected chi connectivity index (χ1v) is 8.57. The minimum Gasteiger partial charge on any atom is -0.508 e. The maximum absolute atomic E-state index is 12.2. The van der Waals surface area contributed by atoms with Crippen molar-refractivity contribution in [2.45, 2.75) is 25.0 Å². The lowest BCUT2D eigenvalue weighted by atomic mass is 10.3. The first-order valence-electron chi connectivity index (χ1n) is 7.58. The quantitative estimate of drug-likeness (QED) is 0.646. The second-order valence-electron chi connectivity index (χ2n) is 5.48. The summed E-state index contributed by atoms with van der Waals surface area (Å²) >= 11 is 1.22. The number of nitrogens with one attached hydrogen (secondary N) is 1. The van der Waals surface area contributed by atoms with Gasteiger partial charge in [0.1, 0.15) is 11.6 Å². The molecule has 9 nitrogen and oxygen atoms in total. The number of carbonyl (C=O) groups is 1. The van der Waals surface area contributed by atoms with Gasteiger partial charge in [-0.05, 0) is 48.5 Å². The van der Waals surface area contributed by atoms with Crippen molar-refractivity contribution in [1.29, 1.82) is 0 Å². The highest BCUT2D eigenvalue weighted by Crippen LogP contribution is 2.20. The van der Waals surface area contributed by atoms with E-state index in [0.717, 1.165) is 0 Å². The molecule has 2 N–H and O–H groups in total. The van der Waals surface area contributed by atoms with Crippen molar-refractivity contribution in [3.63, 3.8) is 0 Å². The van der Waals surface area contributed by atoms with Crippen LogP contribution in [0.3, 0.4) is 0 Å². The standard InChI is InChI=1S/C15H17N7O2S/c1-10(2)21-13(7-8-16-21)17-14(24)9-25-15-18-19-20-22(15)11-3-5-12(23)6-4-11/h3-8,10,23H,9H2,1-2H3,(H,17,24). The Morgan fingerprint density at radius 1 is 1.28 bits per heavy atom. The smallest absolute Gasteiger partial charge is 0.235 e. The fourth-order valence-corrected chi connectivity index (χ4v) is 2.85. The van der Waals surface area contributed by atoms with Crippen molar-refractivity contribution in [2.24, 2.45) is 0 Å². The van der Waals surface area contributed by atoms with Gasteiger partial charge in [-0.25, -0.2) is 4.68 Å². The van der Waals surface area contributed by atoms with Gasteiger partial charge in [0.15, 0.2) is 0 Å². The van der Waals surface area contributed by atoms with Gasteiger partial charge in [0.05, 0.1) is 17.6 Å². The summed E-state index contributed by atoms with van der Waals surface area (Å²) in [6.45, 7) is 3.98. The molecule has 10 heteroatoms. The maximum atomic E-state index is 12.2. The first kappa shape index (κ1) is 17.0. The Labute approximate surface area is 148 Å². The summed E-state index contributed by atoms with van der Waals surface area (Å²) < 4.78 is 3.25. The van der Waals surface area contributed by atoms with Gasteiger partial charge in [-0.1, -0.05) is 11.8 Å². The van der Waals surface area contributed by atoms with Gasteiger partial charge in [0.25, 0.3) is 0 Å². The van der Waals surface area contributed by atoms with E-state index in [0.29, 0.717) is 16.7 Å². The highest BCUT2D eigenvalue weighted by molar-refractivity contribution is 7.99. The van der Waals surface area contributed by atoms with Gasteiger partial charge < -0.3 is 10.4 Å². The third-order valence-corrected chi connectivity index (χ3v) is 4.21. The summed E-state index contributed by atoms with van der Waals surface area (Å²) in [4.78, 5) is 12.2. The van der Waals surface area contributed by atoms with Crippen LogP contribution in [-0.2, 0) is 4.79 Å². The van der Waals surface area contributed by atoms with Crippen LogP contribution < -0.4 is 5.32 Å². The zero-order valence-corrected chi connectivity index (χ0v) is 14.5. The Morgan fingerprint density at radius 2 is 2.04 bits per heavy atom. The zero-order valence-electron chi connectivity index (χ0n) is 13.7. The number of aromatic hydroxyl groups is 1. The van der Waals surface area contributed by atoms with Crippen LogP contribution in [0.15, 0.2) is 41.7 Å². The molecule has 25 heavy (non-hydrogen) atoms. The number of nitrogens with zero attached hydrogens (tertiary/aromatic N) is 6. The maximum Gasteiger partial charge on any atom is 0.235 e. The van der Waals surface area contributed by atoms with Crippen LogP contribution in [0, 0.1) is 0 Å². The van der Waals surface area contributed by atoms with E-state index in [9.17, 15) is 9.90 Å². The van der Waals surface area contributed by atoms with E-state index in [1.165, 1.54) is 16.4 Å². The van der Waals surface area contributed by atoms with Crippen molar-refractivity contribution in [3.8, 4) is 11.4 Å². The molecular weight excluding hydrogens is 342 g/mol. The van der Waals surface area contributed by atoms with Crippen LogP contribution in [-0.4, -0.2) is 46.8 Å². The topological polar surface area (TPSA) is 111 Å². The van der Waals surface area contributed by atoms with Crippen LogP contribution in [0.1, 0.15) is 19.9 Å². The van der Waals surface area contributed by atoms with Crippen LogP contribution in [0.25, 0.3) is 5.69 Å². The minimum atomic E-state index is -0.173. The van der Waals surface area contributed by atoms with E-state index in [4.69, 9.17) is 0 Å². The molecule has 0 bridgehead atoms. The van der Waals surface area contributed by atoms with E-state index >= 15 is 0 Å². The summed E-state index contributed by atoms with van der Waals surface area (Å²) in [5.41, 5.74) is 0.698. The SMILES string of the molecule is CC(C)n1nccc1NC(=O)CSc1nnnn1-c1ccc(O)cc1. The zero-order chi connectivity index (χ0) is 17.8. The molecule has 0 unspecified atom stereocenters. The molecule has 0 fully saturated rings. The number of phenols is 1. The summed E-state index contributed by atoms with van der Waals surface area (Å²) in [5, 5.41) is 28.3. The van der Waals surface area contributed by atoms with Crippen LogP contribution in [0.2, 0.25) is 0 Å². The van der Waals surface area contributed by atoms with E-state index in [1.807, 2.05) is 13.8 Å². The number of hydrogen-bond acceptors (Lipinski definition) is 7. The minimum absolute atomic E-state index is 0.153. The number of carbonyl (C=O) groups excluding carboxylic acids is 1. The molecular formula is C15H17N7O2S. The average Bonchev–Trinajstić information content (AvgIpc) is 3.22. The summed E-state index contributed by atoms with van der Waals surface area (Å²) in [6.07, 6.45) is 1.65. The summed E-state index contributed by atoms with van der Waals surface area (Å²) in [6, 6.07) is 8.38. The summed E-state index contributed by atoms with van der Waals surface area (Å²) in [7, 11) is 0. The molecule has 1 amide bonds. The molecule has 0 saturated carbocycles.